The highest BCUT2D eigenvalue weighted by molar-refractivity contribution is 9.10. The molecular weight excluding hydrogens is 368 g/mol. The number of benzene rings is 2. The Labute approximate surface area is 148 Å². The highest BCUT2D eigenvalue weighted by Gasteiger charge is 2.16. The number of para-hydroxylation sites is 1. The molecule has 1 N–H and O–H groups in total. The third-order valence-corrected chi connectivity index (χ3v) is 3.97. The zero-order valence-electron chi connectivity index (χ0n) is 12.8. The first-order valence-corrected chi connectivity index (χ1v) is 8.21. The minimum Gasteiger partial charge on any atom is -0.487 e. The maximum Gasteiger partial charge on any atom is 0.260 e. The maximum atomic E-state index is 12.5. The summed E-state index contributed by atoms with van der Waals surface area (Å²) in [5, 5.41) is 2.77. The van der Waals surface area contributed by atoms with Gasteiger partial charge in [0.1, 0.15) is 18.2 Å². The minimum atomic E-state index is -0.266. The van der Waals surface area contributed by atoms with Crippen LogP contribution in [0.3, 0.4) is 0 Å². The number of hydrogen-bond donors (Lipinski definition) is 1. The Kier molecular flexibility index (Phi) is 5.23. The SMILES string of the molecule is O=C(Nc1ccccn1)c1cccc(Br)c1OCc1ccccc1. The third kappa shape index (κ3) is 4.00. The van der Waals surface area contributed by atoms with E-state index in [1.807, 2.05) is 42.5 Å². The Morgan fingerprint density at radius 1 is 1.00 bits per heavy atom. The van der Waals surface area contributed by atoms with Crippen LogP contribution in [0.25, 0.3) is 0 Å². The van der Waals surface area contributed by atoms with Crippen LogP contribution in [0.1, 0.15) is 15.9 Å². The second-order valence-electron chi connectivity index (χ2n) is 5.06. The molecule has 0 bridgehead atoms. The Morgan fingerprint density at radius 3 is 2.54 bits per heavy atom. The van der Waals surface area contributed by atoms with E-state index in [0.29, 0.717) is 23.7 Å². The van der Waals surface area contributed by atoms with E-state index in [0.717, 1.165) is 10.0 Å². The lowest BCUT2D eigenvalue weighted by atomic mass is 10.2. The summed E-state index contributed by atoms with van der Waals surface area (Å²) in [6, 6.07) is 20.5. The van der Waals surface area contributed by atoms with Gasteiger partial charge in [0, 0.05) is 6.20 Å². The fraction of sp³-hybridized carbons (Fsp3) is 0.0526. The molecule has 1 aromatic heterocycles. The normalized spacial score (nSPS) is 10.2. The summed E-state index contributed by atoms with van der Waals surface area (Å²) in [6.07, 6.45) is 1.63. The van der Waals surface area contributed by atoms with Crippen molar-refractivity contribution in [2.24, 2.45) is 0 Å². The van der Waals surface area contributed by atoms with Gasteiger partial charge in [-0.25, -0.2) is 4.98 Å². The Bertz CT molecular complexity index is 823. The molecule has 3 rings (SSSR count). The average Bonchev–Trinajstić information content (AvgIpc) is 2.62. The van der Waals surface area contributed by atoms with Gasteiger partial charge in [0.2, 0.25) is 0 Å². The zero-order chi connectivity index (χ0) is 16.8. The molecule has 2 aromatic carbocycles. The van der Waals surface area contributed by atoms with Crippen molar-refractivity contribution >= 4 is 27.7 Å². The van der Waals surface area contributed by atoms with Gasteiger partial charge in [0.05, 0.1) is 10.0 Å². The predicted molar refractivity (Wildman–Crippen MR) is 97.1 cm³/mol. The third-order valence-electron chi connectivity index (χ3n) is 3.34. The minimum absolute atomic E-state index is 0.266. The van der Waals surface area contributed by atoms with E-state index in [1.54, 1.807) is 30.5 Å². The number of rotatable bonds is 5. The van der Waals surface area contributed by atoms with E-state index in [2.05, 4.69) is 26.2 Å². The molecule has 0 spiro atoms. The molecule has 0 fully saturated rings. The van der Waals surface area contributed by atoms with Gasteiger partial charge in [0.15, 0.2) is 0 Å². The molecule has 1 amide bonds. The fourth-order valence-electron chi connectivity index (χ4n) is 2.18. The Hall–Kier alpha value is -2.66. The lowest BCUT2D eigenvalue weighted by molar-refractivity contribution is 0.102. The maximum absolute atomic E-state index is 12.5. The molecule has 0 aliphatic heterocycles. The first-order chi connectivity index (χ1) is 11.7. The van der Waals surface area contributed by atoms with Crippen LogP contribution in [-0.2, 0) is 6.61 Å². The number of carbonyl (C=O) groups is 1. The van der Waals surface area contributed by atoms with Crippen LogP contribution < -0.4 is 10.1 Å². The van der Waals surface area contributed by atoms with Gasteiger partial charge >= 0.3 is 0 Å². The van der Waals surface area contributed by atoms with Gasteiger partial charge in [0.25, 0.3) is 5.91 Å². The van der Waals surface area contributed by atoms with E-state index in [4.69, 9.17) is 4.74 Å². The Morgan fingerprint density at radius 2 is 1.79 bits per heavy atom. The van der Waals surface area contributed by atoms with Crippen LogP contribution in [0.2, 0.25) is 0 Å². The van der Waals surface area contributed by atoms with E-state index in [9.17, 15) is 4.79 Å². The standard InChI is InChI=1S/C19H15BrN2O2/c20-16-10-6-9-15(19(23)22-17-11-4-5-12-21-17)18(16)24-13-14-7-2-1-3-8-14/h1-12H,13H2,(H,21,22,23). The largest absolute Gasteiger partial charge is 0.487 e. The summed E-state index contributed by atoms with van der Waals surface area (Å²) in [7, 11) is 0. The molecule has 4 nitrogen and oxygen atoms in total. The van der Waals surface area contributed by atoms with Crippen molar-refractivity contribution in [3.63, 3.8) is 0 Å². The number of amides is 1. The average molecular weight is 383 g/mol. The lowest BCUT2D eigenvalue weighted by Gasteiger charge is -2.13. The van der Waals surface area contributed by atoms with Crippen molar-refractivity contribution in [3.8, 4) is 5.75 Å². The van der Waals surface area contributed by atoms with Crippen LogP contribution in [0, 0.1) is 0 Å². The summed E-state index contributed by atoms with van der Waals surface area (Å²) < 4.78 is 6.61. The van der Waals surface area contributed by atoms with E-state index in [1.165, 1.54) is 0 Å². The van der Waals surface area contributed by atoms with E-state index < -0.39 is 0 Å². The van der Waals surface area contributed by atoms with Gasteiger partial charge in [-0.3, -0.25) is 4.79 Å². The van der Waals surface area contributed by atoms with Gasteiger partial charge in [-0.15, -0.1) is 0 Å². The summed E-state index contributed by atoms with van der Waals surface area (Å²) in [5.41, 5.74) is 1.48. The number of ether oxygens (including phenoxy) is 1. The van der Waals surface area contributed by atoms with Crippen molar-refractivity contribution in [2.75, 3.05) is 5.32 Å². The summed E-state index contributed by atoms with van der Waals surface area (Å²) in [5.74, 6) is 0.740. The van der Waals surface area contributed by atoms with Crippen LogP contribution in [-0.4, -0.2) is 10.9 Å². The number of carbonyl (C=O) groups excluding carboxylic acids is 1. The Balaban J connectivity index is 1.80. The zero-order valence-corrected chi connectivity index (χ0v) is 14.4. The number of halogens is 1. The first-order valence-electron chi connectivity index (χ1n) is 7.41. The van der Waals surface area contributed by atoms with Crippen molar-refractivity contribution in [3.05, 3.63) is 88.5 Å². The molecule has 3 aromatic rings. The number of nitrogens with one attached hydrogen (secondary N) is 1. The number of anilines is 1. The molecular formula is C19H15BrN2O2. The van der Waals surface area contributed by atoms with E-state index in [-0.39, 0.29) is 5.91 Å². The van der Waals surface area contributed by atoms with Gasteiger partial charge in [-0.1, -0.05) is 42.5 Å². The number of nitrogens with zero attached hydrogens (tertiary/aromatic N) is 1. The number of hydrogen-bond acceptors (Lipinski definition) is 3. The van der Waals surface area contributed by atoms with Crippen molar-refractivity contribution in [1.29, 1.82) is 0 Å². The summed E-state index contributed by atoms with van der Waals surface area (Å²) in [4.78, 5) is 16.7. The molecule has 0 saturated carbocycles. The van der Waals surface area contributed by atoms with Crippen LogP contribution in [0.4, 0.5) is 5.82 Å². The highest BCUT2D eigenvalue weighted by atomic mass is 79.9. The van der Waals surface area contributed by atoms with Crippen LogP contribution in [0.15, 0.2) is 77.4 Å². The fourth-order valence-corrected chi connectivity index (χ4v) is 2.67. The van der Waals surface area contributed by atoms with Gasteiger partial charge in [-0.05, 0) is 45.8 Å². The van der Waals surface area contributed by atoms with Crippen LogP contribution >= 0.6 is 15.9 Å². The quantitative estimate of drug-likeness (QED) is 0.696. The highest BCUT2D eigenvalue weighted by Crippen LogP contribution is 2.30. The molecule has 1 heterocycles. The topological polar surface area (TPSA) is 51.2 Å². The molecule has 0 aliphatic carbocycles. The predicted octanol–water partition coefficient (Wildman–Crippen LogP) is 4.68. The first kappa shape index (κ1) is 16.2. The number of pyridine rings is 1. The second kappa shape index (κ2) is 7.75. The monoisotopic (exact) mass is 382 g/mol. The molecule has 24 heavy (non-hydrogen) atoms. The second-order valence-corrected chi connectivity index (χ2v) is 5.91. The molecule has 0 atom stereocenters. The van der Waals surface area contributed by atoms with Crippen LogP contribution in [0.5, 0.6) is 5.75 Å². The molecule has 0 aliphatic rings. The molecule has 5 heteroatoms. The molecule has 120 valence electrons. The van der Waals surface area contributed by atoms with Gasteiger partial charge in [-0.2, -0.15) is 0 Å². The summed E-state index contributed by atoms with van der Waals surface area (Å²) in [6.45, 7) is 0.382. The van der Waals surface area contributed by atoms with Crippen molar-refractivity contribution in [2.45, 2.75) is 6.61 Å². The lowest BCUT2D eigenvalue weighted by Crippen LogP contribution is -2.14. The van der Waals surface area contributed by atoms with Crippen molar-refractivity contribution < 1.29 is 9.53 Å². The van der Waals surface area contributed by atoms with Crippen molar-refractivity contribution in [1.82, 2.24) is 4.98 Å². The van der Waals surface area contributed by atoms with Gasteiger partial charge < -0.3 is 10.1 Å². The van der Waals surface area contributed by atoms with E-state index >= 15 is 0 Å². The summed E-state index contributed by atoms with van der Waals surface area (Å²) >= 11 is 3.45. The number of aromatic nitrogens is 1. The molecule has 0 saturated heterocycles. The molecule has 0 unspecified atom stereocenters. The smallest absolute Gasteiger partial charge is 0.260 e. The molecule has 0 radical (unpaired) electrons.